The number of ether oxygens (including phenoxy) is 1. The van der Waals surface area contributed by atoms with E-state index >= 15 is 0 Å². The summed E-state index contributed by atoms with van der Waals surface area (Å²) in [4.78, 5) is 30.5. The molecule has 0 radical (unpaired) electrons. The first-order chi connectivity index (χ1) is 12.2. The highest BCUT2D eigenvalue weighted by Gasteiger charge is 2.47. The van der Waals surface area contributed by atoms with Crippen molar-refractivity contribution in [2.24, 2.45) is 16.3 Å². The molecule has 140 valence electrons. The van der Waals surface area contributed by atoms with Gasteiger partial charge in [-0.1, -0.05) is 20.8 Å². The van der Waals surface area contributed by atoms with Gasteiger partial charge in [0.2, 0.25) is 0 Å². The third kappa shape index (κ3) is 3.39. The molecule has 0 bridgehead atoms. The maximum absolute atomic E-state index is 13.0. The molecule has 2 aliphatic rings. The van der Waals surface area contributed by atoms with Crippen molar-refractivity contribution < 1.29 is 18.7 Å². The van der Waals surface area contributed by atoms with E-state index in [1.54, 1.807) is 0 Å². The van der Waals surface area contributed by atoms with E-state index < -0.39 is 11.8 Å². The Kier molecular flexibility index (Phi) is 4.91. The van der Waals surface area contributed by atoms with Crippen molar-refractivity contribution in [2.45, 2.75) is 59.8 Å². The van der Waals surface area contributed by atoms with Crippen molar-refractivity contribution in [1.82, 2.24) is 0 Å². The van der Waals surface area contributed by atoms with Crippen LogP contribution in [0.5, 0.6) is 0 Å². The number of furan rings is 1. The van der Waals surface area contributed by atoms with Gasteiger partial charge in [0.1, 0.15) is 17.4 Å². The topological polar surface area (TPSA) is 68.9 Å². The quantitative estimate of drug-likeness (QED) is 0.751. The molecule has 0 aromatic carbocycles. The van der Waals surface area contributed by atoms with Gasteiger partial charge in [-0.2, -0.15) is 0 Å². The number of aryl methyl sites for hydroxylation is 1. The van der Waals surface area contributed by atoms with Crippen molar-refractivity contribution in [3.05, 3.63) is 34.9 Å². The van der Waals surface area contributed by atoms with Crippen molar-refractivity contribution in [3.63, 3.8) is 0 Å². The van der Waals surface area contributed by atoms with Crippen molar-refractivity contribution in [2.75, 3.05) is 6.61 Å². The molecule has 2 unspecified atom stereocenters. The van der Waals surface area contributed by atoms with E-state index in [1.165, 1.54) is 0 Å². The predicted molar refractivity (Wildman–Crippen MR) is 99.1 cm³/mol. The van der Waals surface area contributed by atoms with E-state index in [2.05, 4.69) is 18.8 Å². The van der Waals surface area contributed by atoms with E-state index in [0.717, 1.165) is 24.3 Å². The molecule has 1 aromatic heterocycles. The second-order valence-corrected chi connectivity index (χ2v) is 8.13. The Bertz CT molecular complexity index is 797. The van der Waals surface area contributed by atoms with Crippen LogP contribution in [0.15, 0.2) is 32.8 Å². The number of allylic oxidation sites excluding steroid dienone is 2. The molecule has 1 aliphatic carbocycles. The summed E-state index contributed by atoms with van der Waals surface area (Å²) in [5.41, 5.74) is 1.98. The molecule has 0 N–H and O–H groups in total. The van der Waals surface area contributed by atoms with Crippen LogP contribution in [-0.4, -0.2) is 24.1 Å². The Morgan fingerprint density at radius 3 is 2.65 bits per heavy atom. The SMILES string of the molecule is CCCOC(=O)C1C(C)=NC2=C(C(=O)CC(C)(C)C2)C1c1ccc(C)o1. The number of nitrogens with zero attached hydrogens (tertiary/aromatic N) is 1. The van der Waals surface area contributed by atoms with Gasteiger partial charge >= 0.3 is 5.97 Å². The second kappa shape index (κ2) is 6.86. The third-order valence-electron chi connectivity index (χ3n) is 5.07. The van der Waals surface area contributed by atoms with Crippen LogP contribution in [0.25, 0.3) is 0 Å². The van der Waals surface area contributed by atoms with Gasteiger partial charge in [0.25, 0.3) is 0 Å². The molecule has 0 spiro atoms. The summed E-state index contributed by atoms with van der Waals surface area (Å²) in [6, 6.07) is 3.72. The molecule has 1 aliphatic heterocycles. The minimum absolute atomic E-state index is 0.0554. The number of hydrogen-bond donors (Lipinski definition) is 0. The summed E-state index contributed by atoms with van der Waals surface area (Å²) in [5, 5.41) is 0. The number of esters is 1. The number of carbonyl (C=O) groups is 2. The lowest BCUT2D eigenvalue weighted by Crippen LogP contribution is -2.39. The van der Waals surface area contributed by atoms with Crippen LogP contribution < -0.4 is 0 Å². The van der Waals surface area contributed by atoms with Gasteiger partial charge in [-0.15, -0.1) is 0 Å². The highest BCUT2D eigenvalue weighted by molar-refractivity contribution is 6.08. The Morgan fingerprint density at radius 1 is 1.31 bits per heavy atom. The van der Waals surface area contributed by atoms with Crippen LogP contribution in [0.3, 0.4) is 0 Å². The molecule has 2 atom stereocenters. The van der Waals surface area contributed by atoms with E-state index in [9.17, 15) is 9.59 Å². The highest BCUT2D eigenvalue weighted by Crippen LogP contribution is 2.48. The fourth-order valence-corrected chi connectivity index (χ4v) is 3.97. The molecule has 0 saturated carbocycles. The molecular weight excluding hydrogens is 330 g/mol. The monoisotopic (exact) mass is 357 g/mol. The van der Waals surface area contributed by atoms with Gasteiger partial charge in [0, 0.05) is 23.4 Å². The normalized spacial score (nSPS) is 25.0. The second-order valence-electron chi connectivity index (χ2n) is 8.13. The Morgan fingerprint density at radius 2 is 2.04 bits per heavy atom. The largest absolute Gasteiger partial charge is 0.466 e. The number of hydrogen-bond acceptors (Lipinski definition) is 5. The summed E-state index contributed by atoms with van der Waals surface area (Å²) in [5.74, 6) is 0.0404. The van der Waals surface area contributed by atoms with Crippen LogP contribution in [0.4, 0.5) is 0 Å². The third-order valence-corrected chi connectivity index (χ3v) is 5.07. The number of Topliss-reactive ketones (excluding diaryl/α,β-unsaturated/α-hetero) is 1. The van der Waals surface area contributed by atoms with Crippen molar-refractivity contribution in [3.8, 4) is 0 Å². The zero-order valence-corrected chi connectivity index (χ0v) is 16.2. The van der Waals surface area contributed by atoms with Crippen molar-refractivity contribution in [1.29, 1.82) is 0 Å². The number of aliphatic imine (C=N–C) groups is 1. The fourth-order valence-electron chi connectivity index (χ4n) is 3.97. The van der Waals surface area contributed by atoms with Gasteiger partial charge in [-0.3, -0.25) is 14.6 Å². The summed E-state index contributed by atoms with van der Waals surface area (Å²) >= 11 is 0. The lowest BCUT2D eigenvalue weighted by molar-refractivity contribution is -0.146. The average molecular weight is 357 g/mol. The van der Waals surface area contributed by atoms with Crippen LogP contribution >= 0.6 is 0 Å². The van der Waals surface area contributed by atoms with E-state index in [4.69, 9.17) is 9.15 Å². The van der Waals surface area contributed by atoms with Crippen LogP contribution in [0, 0.1) is 18.3 Å². The summed E-state index contributed by atoms with van der Waals surface area (Å²) in [7, 11) is 0. The summed E-state index contributed by atoms with van der Waals surface area (Å²) in [6.07, 6.45) is 1.92. The minimum atomic E-state index is -0.615. The maximum Gasteiger partial charge on any atom is 0.315 e. The molecule has 5 nitrogen and oxygen atoms in total. The van der Waals surface area contributed by atoms with E-state index in [1.807, 2.05) is 32.9 Å². The molecule has 0 fully saturated rings. The molecular formula is C21H27NO4. The number of ketones is 1. The first-order valence-corrected chi connectivity index (χ1v) is 9.28. The molecule has 1 aromatic rings. The smallest absolute Gasteiger partial charge is 0.315 e. The first kappa shape index (κ1) is 18.6. The van der Waals surface area contributed by atoms with Gasteiger partial charge in [-0.05, 0) is 44.2 Å². The average Bonchev–Trinajstić information content (AvgIpc) is 2.96. The molecule has 5 heteroatoms. The summed E-state index contributed by atoms with van der Waals surface area (Å²) in [6.45, 7) is 10.2. The zero-order chi connectivity index (χ0) is 19.1. The standard InChI is InChI=1S/C21H27NO4/c1-6-9-25-20(24)17-13(3)22-14-10-21(4,5)11-15(23)18(14)19(17)16-8-7-12(2)26-16/h7-8,17,19H,6,9-11H2,1-5H3. The lowest BCUT2D eigenvalue weighted by atomic mass is 9.68. The van der Waals surface area contributed by atoms with E-state index in [0.29, 0.717) is 30.1 Å². The highest BCUT2D eigenvalue weighted by atomic mass is 16.5. The minimum Gasteiger partial charge on any atom is -0.466 e. The molecule has 0 saturated heterocycles. The molecule has 2 heterocycles. The van der Waals surface area contributed by atoms with Crippen LogP contribution in [-0.2, 0) is 14.3 Å². The molecule has 3 rings (SSSR count). The van der Waals surface area contributed by atoms with E-state index in [-0.39, 0.29) is 17.2 Å². The van der Waals surface area contributed by atoms with Crippen LogP contribution in [0.2, 0.25) is 0 Å². The molecule has 0 amide bonds. The Balaban J connectivity index is 2.10. The maximum atomic E-state index is 13.0. The van der Waals surface area contributed by atoms with Gasteiger partial charge in [-0.25, -0.2) is 0 Å². The molecule has 26 heavy (non-hydrogen) atoms. The Hall–Kier alpha value is -2.17. The lowest BCUT2D eigenvalue weighted by Gasteiger charge is -2.38. The van der Waals surface area contributed by atoms with Gasteiger partial charge in [0.05, 0.1) is 12.5 Å². The Labute approximate surface area is 154 Å². The van der Waals surface area contributed by atoms with Gasteiger partial charge < -0.3 is 9.15 Å². The summed E-state index contributed by atoms with van der Waals surface area (Å²) < 4.78 is 11.3. The number of carbonyl (C=O) groups excluding carboxylic acids is 2. The fraction of sp³-hybridized carbons (Fsp3) is 0.571. The van der Waals surface area contributed by atoms with Gasteiger partial charge in [0.15, 0.2) is 5.78 Å². The predicted octanol–water partition coefficient (Wildman–Crippen LogP) is 4.36. The number of rotatable bonds is 4. The van der Waals surface area contributed by atoms with Crippen molar-refractivity contribution >= 4 is 17.5 Å². The van der Waals surface area contributed by atoms with Crippen LogP contribution in [0.1, 0.15) is 64.4 Å². The zero-order valence-electron chi connectivity index (χ0n) is 16.2. The first-order valence-electron chi connectivity index (χ1n) is 9.28.